The van der Waals surface area contributed by atoms with E-state index in [1.54, 1.807) is 21.6 Å². The van der Waals surface area contributed by atoms with E-state index in [-0.39, 0.29) is 10.5 Å². The first-order valence-corrected chi connectivity index (χ1v) is 16.8. The summed E-state index contributed by atoms with van der Waals surface area (Å²) in [6, 6.07) is 0. The molecule has 0 saturated carbocycles. The summed E-state index contributed by atoms with van der Waals surface area (Å²) in [5.41, 5.74) is 0. The zero-order valence-corrected chi connectivity index (χ0v) is 25.0. The molecule has 190 valence electrons. The van der Waals surface area contributed by atoms with Crippen LogP contribution in [0.3, 0.4) is 0 Å². The van der Waals surface area contributed by atoms with Gasteiger partial charge in [-0.2, -0.15) is 0 Å². The number of unbranched alkanes of at least 4 members (excludes halogenated alkanes) is 3. The number of carbonyl (C=O) groups excluding carboxylic acids is 2. The molecule has 0 spiro atoms. The van der Waals surface area contributed by atoms with Crippen LogP contribution in [0.4, 0.5) is 9.59 Å². The lowest BCUT2D eigenvalue weighted by atomic mass is 10.1. The molecule has 0 bridgehead atoms. The van der Waals surface area contributed by atoms with Crippen molar-refractivity contribution in [3.63, 3.8) is 0 Å². The van der Waals surface area contributed by atoms with E-state index in [9.17, 15) is 9.59 Å². The highest BCUT2D eigenvalue weighted by molar-refractivity contribution is 8.82. The van der Waals surface area contributed by atoms with Gasteiger partial charge in [0.1, 0.15) is 0 Å². The van der Waals surface area contributed by atoms with Crippen molar-refractivity contribution in [1.29, 1.82) is 0 Å². The Balaban J connectivity index is 3.86. The molecule has 8 heteroatoms. The molecule has 0 radical (unpaired) electrons. The molecule has 0 aliphatic carbocycles. The lowest BCUT2D eigenvalue weighted by molar-refractivity contribution is 0.208. The summed E-state index contributed by atoms with van der Waals surface area (Å²) in [6.45, 7) is 20.7. The van der Waals surface area contributed by atoms with Crippen LogP contribution in [-0.4, -0.2) is 58.0 Å². The molecule has 0 N–H and O–H groups in total. The Hall–Kier alpha value is 0.340. The van der Waals surface area contributed by atoms with Crippen molar-refractivity contribution in [3.8, 4) is 0 Å². The van der Waals surface area contributed by atoms with Gasteiger partial charge in [-0.3, -0.25) is 9.59 Å². The summed E-state index contributed by atoms with van der Waals surface area (Å²) in [5, 5.41) is 0.416. The predicted octanol–water partition coefficient (Wildman–Crippen LogP) is 8.78. The summed E-state index contributed by atoms with van der Waals surface area (Å²) in [6.07, 6.45) is 4.67. The Kier molecular flexibility index (Phi) is 19.8. The van der Waals surface area contributed by atoms with Gasteiger partial charge >= 0.3 is 0 Å². The highest BCUT2D eigenvalue weighted by atomic mass is 33.1. The molecule has 0 aromatic heterocycles. The highest BCUT2D eigenvalue weighted by Gasteiger charge is 2.18. The van der Waals surface area contributed by atoms with Gasteiger partial charge in [-0.1, -0.05) is 89.8 Å². The number of amides is 2. The second-order valence-corrected chi connectivity index (χ2v) is 14.9. The van der Waals surface area contributed by atoms with Crippen LogP contribution in [0.5, 0.6) is 0 Å². The molecule has 0 rings (SSSR count). The van der Waals surface area contributed by atoms with E-state index < -0.39 is 0 Å². The van der Waals surface area contributed by atoms with Crippen molar-refractivity contribution in [2.24, 2.45) is 23.7 Å². The molecule has 32 heavy (non-hydrogen) atoms. The Morgan fingerprint density at radius 1 is 0.531 bits per heavy atom. The molecule has 0 heterocycles. The highest BCUT2D eigenvalue weighted by Crippen LogP contribution is 2.29. The van der Waals surface area contributed by atoms with Gasteiger partial charge < -0.3 is 9.80 Å². The Morgan fingerprint density at radius 3 is 1.06 bits per heavy atom. The van der Waals surface area contributed by atoms with Crippen LogP contribution < -0.4 is 0 Å². The quantitative estimate of drug-likeness (QED) is 0.140. The van der Waals surface area contributed by atoms with E-state index in [4.69, 9.17) is 0 Å². The molecule has 0 atom stereocenters. The fourth-order valence-electron chi connectivity index (χ4n) is 3.18. The first kappa shape index (κ1) is 32.3. The van der Waals surface area contributed by atoms with Gasteiger partial charge in [0.15, 0.2) is 0 Å². The molecule has 0 unspecified atom stereocenters. The zero-order chi connectivity index (χ0) is 24.5. The molecule has 0 aliphatic rings. The standard InChI is InChI=1S/C24H48N2O2S4/c1-19(2)15-25(16-20(3)4)23(27)31-29-13-11-9-10-12-14-30-32-24(28)26(17-21(5)6)18-22(7)8/h19-22H,9-18H2,1-8H3. The summed E-state index contributed by atoms with van der Waals surface area (Å²) >= 11 is 0. The Morgan fingerprint density at radius 2 is 0.812 bits per heavy atom. The third-order valence-corrected chi connectivity index (χ3v) is 8.83. The maximum atomic E-state index is 12.5. The van der Waals surface area contributed by atoms with Gasteiger partial charge in [0.2, 0.25) is 0 Å². The molecule has 0 aromatic carbocycles. The van der Waals surface area contributed by atoms with E-state index in [1.165, 1.54) is 34.4 Å². The number of nitrogens with zero attached hydrogens (tertiary/aromatic N) is 2. The maximum absolute atomic E-state index is 12.5. The molecular formula is C24H48N2O2S4. The number of hydrogen-bond donors (Lipinski definition) is 0. The van der Waals surface area contributed by atoms with Gasteiger partial charge in [0, 0.05) is 59.3 Å². The summed E-state index contributed by atoms with van der Waals surface area (Å²) < 4.78 is 0. The first-order valence-electron chi connectivity index (χ1n) is 12.2. The number of carbonyl (C=O) groups is 2. The van der Waals surface area contributed by atoms with E-state index >= 15 is 0 Å². The van der Waals surface area contributed by atoms with Crippen LogP contribution in [-0.2, 0) is 0 Å². The molecular weight excluding hydrogens is 477 g/mol. The van der Waals surface area contributed by atoms with Crippen molar-refractivity contribution in [3.05, 3.63) is 0 Å². The lowest BCUT2D eigenvalue weighted by Gasteiger charge is -2.25. The minimum absolute atomic E-state index is 0.208. The number of hydrogen-bond acceptors (Lipinski definition) is 6. The van der Waals surface area contributed by atoms with Crippen LogP contribution in [0.2, 0.25) is 0 Å². The van der Waals surface area contributed by atoms with Crippen molar-refractivity contribution in [2.45, 2.75) is 81.1 Å². The largest absolute Gasteiger partial charge is 0.332 e. The van der Waals surface area contributed by atoms with Crippen LogP contribution in [0, 0.1) is 23.7 Å². The predicted molar refractivity (Wildman–Crippen MR) is 152 cm³/mol. The normalized spacial score (nSPS) is 11.8. The fraction of sp³-hybridized carbons (Fsp3) is 0.917. The third kappa shape index (κ3) is 18.7. The van der Waals surface area contributed by atoms with Crippen LogP contribution in [0.1, 0.15) is 81.1 Å². The maximum Gasteiger partial charge on any atom is 0.292 e. The van der Waals surface area contributed by atoms with Gasteiger partial charge in [-0.05, 0) is 36.5 Å². The van der Waals surface area contributed by atoms with Crippen LogP contribution >= 0.6 is 43.2 Å². The molecule has 0 saturated heterocycles. The van der Waals surface area contributed by atoms with Gasteiger partial charge in [-0.15, -0.1) is 0 Å². The van der Waals surface area contributed by atoms with Crippen molar-refractivity contribution in [2.75, 3.05) is 37.7 Å². The van der Waals surface area contributed by atoms with Crippen LogP contribution in [0.25, 0.3) is 0 Å². The smallest absolute Gasteiger partial charge is 0.292 e. The molecule has 0 aromatic rings. The van der Waals surface area contributed by atoms with E-state index in [0.29, 0.717) is 23.7 Å². The molecule has 4 nitrogen and oxygen atoms in total. The van der Waals surface area contributed by atoms with Gasteiger partial charge in [0.05, 0.1) is 0 Å². The second-order valence-electron chi connectivity index (χ2n) is 10.1. The summed E-state index contributed by atoms with van der Waals surface area (Å²) in [7, 11) is 6.21. The Labute approximate surface area is 214 Å². The van der Waals surface area contributed by atoms with Gasteiger partial charge in [-0.25, -0.2) is 0 Å². The minimum Gasteiger partial charge on any atom is -0.332 e. The second kappa shape index (κ2) is 19.6. The first-order chi connectivity index (χ1) is 15.0. The molecule has 0 aliphatic heterocycles. The third-order valence-electron chi connectivity index (χ3n) is 4.32. The monoisotopic (exact) mass is 524 g/mol. The zero-order valence-electron chi connectivity index (χ0n) is 21.7. The minimum atomic E-state index is 0.208. The Bertz CT molecular complexity index is 438. The van der Waals surface area contributed by atoms with Gasteiger partial charge in [0.25, 0.3) is 10.5 Å². The summed E-state index contributed by atoms with van der Waals surface area (Å²) in [4.78, 5) is 29.0. The van der Waals surface area contributed by atoms with Crippen molar-refractivity contribution < 1.29 is 9.59 Å². The van der Waals surface area contributed by atoms with E-state index in [2.05, 4.69) is 55.4 Å². The topological polar surface area (TPSA) is 40.6 Å². The van der Waals surface area contributed by atoms with E-state index in [1.807, 2.05) is 9.80 Å². The number of rotatable bonds is 17. The molecule has 2 amide bonds. The fourth-order valence-corrected chi connectivity index (χ4v) is 7.14. The van der Waals surface area contributed by atoms with E-state index in [0.717, 1.165) is 50.5 Å². The summed E-state index contributed by atoms with van der Waals surface area (Å²) in [5.74, 6) is 4.05. The average Bonchev–Trinajstić information content (AvgIpc) is 2.66. The lowest BCUT2D eigenvalue weighted by Crippen LogP contribution is -2.34. The SMILES string of the molecule is CC(C)CN(CC(C)C)C(=O)SSCCCCCCSSC(=O)N(CC(C)C)CC(C)C. The average molecular weight is 525 g/mol. The van der Waals surface area contributed by atoms with Crippen molar-refractivity contribution >= 4 is 53.7 Å². The van der Waals surface area contributed by atoms with Crippen molar-refractivity contribution in [1.82, 2.24) is 9.80 Å². The van der Waals surface area contributed by atoms with Crippen LogP contribution in [0.15, 0.2) is 0 Å². The molecule has 0 fully saturated rings.